The molecule has 0 fully saturated rings. The Morgan fingerprint density at radius 2 is 1.55 bits per heavy atom. The van der Waals surface area contributed by atoms with E-state index in [0.29, 0.717) is 68.9 Å². The molecule has 1 aliphatic rings. The van der Waals surface area contributed by atoms with Crippen LogP contribution in [0.5, 0.6) is 5.75 Å². The zero-order valence-electron chi connectivity index (χ0n) is 22.6. The second-order valence-electron chi connectivity index (χ2n) is 8.65. The third-order valence-electron chi connectivity index (χ3n) is 5.99. The highest BCUT2D eigenvalue weighted by molar-refractivity contribution is 8.14. The van der Waals surface area contributed by atoms with Crippen LogP contribution in [0.1, 0.15) is 40.4 Å². The number of benzene rings is 1. The summed E-state index contributed by atoms with van der Waals surface area (Å²) < 4.78 is 15.3. The number of carbonyl (C=O) groups is 3. The molecule has 0 saturated carbocycles. The van der Waals surface area contributed by atoms with Crippen molar-refractivity contribution in [1.82, 2.24) is 29.9 Å². The maximum absolute atomic E-state index is 12.0. The standard InChI is InChI=1S/C18H16N4O4S.C9H8ClN3O2/c1-3-26-18(24)12-6-10-16(19-8-20-17(10)22-12)21-11-7-14-9(4-13(11)25-2)5-15(23)27-14;1-2-15-9(14)6-3-5-7(10)11-4-12-8(5)13-6/h4,6-8H,3,5H2,1-2H3,(H2,19,20,21,22);3-4H,2H2,1H3,(H,11,12,13). The van der Waals surface area contributed by atoms with Crippen molar-refractivity contribution in [3.05, 3.63) is 59.0 Å². The van der Waals surface area contributed by atoms with Crippen molar-refractivity contribution in [2.75, 3.05) is 25.6 Å². The Morgan fingerprint density at radius 3 is 2.17 bits per heavy atom. The molecule has 1 aliphatic heterocycles. The van der Waals surface area contributed by atoms with Crippen LogP contribution >= 0.6 is 23.4 Å². The average molecular weight is 610 g/mol. The molecule has 13 nitrogen and oxygen atoms in total. The van der Waals surface area contributed by atoms with Crippen LogP contribution in [0.15, 0.2) is 41.8 Å². The third kappa shape index (κ3) is 5.99. The van der Waals surface area contributed by atoms with Crippen LogP contribution < -0.4 is 10.1 Å². The number of rotatable bonds is 7. The number of aromatic amines is 2. The van der Waals surface area contributed by atoms with E-state index in [1.54, 1.807) is 33.1 Å². The van der Waals surface area contributed by atoms with E-state index in [9.17, 15) is 14.4 Å². The van der Waals surface area contributed by atoms with Gasteiger partial charge in [0.15, 0.2) is 5.12 Å². The number of carbonyl (C=O) groups excluding carboxylic acids is 3. The van der Waals surface area contributed by atoms with E-state index in [-0.39, 0.29) is 11.7 Å². The molecule has 0 unspecified atom stereocenters. The number of nitrogens with zero attached hydrogens (tertiary/aromatic N) is 4. The molecule has 216 valence electrons. The molecule has 6 rings (SSSR count). The molecule has 5 aromatic rings. The number of halogens is 1. The number of ether oxygens (including phenoxy) is 3. The van der Waals surface area contributed by atoms with Crippen molar-refractivity contribution in [3.8, 4) is 5.75 Å². The Balaban J connectivity index is 0.000000199. The molecular weight excluding hydrogens is 586 g/mol. The fourth-order valence-electron chi connectivity index (χ4n) is 4.13. The second kappa shape index (κ2) is 12.4. The minimum atomic E-state index is -0.452. The predicted molar refractivity (Wildman–Crippen MR) is 156 cm³/mol. The zero-order chi connectivity index (χ0) is 29.8. The van der Waals surface area contributed by atoms with E-state index in [4.69, 9.17) is 25.8 Å². The van der Waals surface area contributed by atoms with Crippen molar-refractivity contribution in [1.29, 1.82) is 0 Å². The molecule has 0 saturated heterocycles. The lowest BCUT2D eigenvalue weighted by Gasteiger charge is -2.13. The molecule has 0 amide bonds. The monoisotopic (exact) mass is 609 g/mol. The zero-order valence-corrected chi connectivity index (χ0v) is 24.2. The van der Waals surface area contributed by atoms with E-state index in [2.05, 4.69) is 35.2 Å². The van der Waals surface area contributed by atoms with Gasteiger partial charge in [0, 0.05) is 11.3 Å². The first-order valence-electron chi connectivity index (χ1n) is 12.7. The smallest absolute Gasteiger partial charge is 0.354 e. The molecular formula is C27H24ClN7O6S. The van der Waals surface area contributed by atoms with Crippen molar-refractivity contribution >= 4 is 74.0 Å². The Bertz CT molecular complexity index is 1820. The first-order valence-corrected chi connectivity index (χ1v) is 13.9. The summed E-state index contributed by atoms with van der Waals surface area (Å²) in [5, 5.41) is 4.90. The van der Waals surface area contributed by atoms with Crippen molar-refractivity contribution in [2.45, 2.75) is 25.2 Å². The number of anilines is 2. The highest BCUT2D eigenvalue weighted by Gasteiger charge is 2.23. The lowest BCUT2D eigenvalue weighted by molar-refractivity contribution is -0.110. The van der Waals surface area contributed by atoms with Crippen LogP contribution in [0.25, 0.3) is 22.1 Å². The van der Waals surface area contributed by atoms with Gasteiger partial charge in [-0.1, -0.05) is 23.4 Å². The average Bonchev–Trinajstić information content (AvgIpc) is 3.70. The van der Waals surface area contributed by atoms with Gasteiger partial charge < -0.3 is 29.5 Å². The highest BCUT2D eigenvalue weighted by Crippen LogP contribution is 2.40. The first-order chi connectivity index (χ1) is 20.3. The number of aromatic nitrogens is 6. The van der Waals surface area contributed by atoms with Crippen molar-refractivity contribution in [3.63, 3.8) is 0 Å². The number of hydrogen-bond donors (Lipinski definition) is 3. The molecule has 5 heterocycles. The molecule has 4 aromatic heterocycles. The SMILES string of the molecule is CCOC(=O)c1cc2c(Cl)ncnc2[nH]1.CCOC(=O)c1cc2c(Nc3cc4c(cc3OC)CC(=O)S4)ncnc2[nH]1. The van der Waals surface area contributed by atoms with E-state index < -0.39 is 11.9 Å². The summed E-state index contributed by atoms with van der Waals surface area (Å²) in [6.07, 6.45) is 3.12. The maximum atomic E-state index is 12.0. The summed E-state index contributed by atoms with van der Waals surface area (Å²) in [6.45, 7) is 4.10. The first kappa shape index (κ1) is 28.8. The minimum Gasteiger partial charge on any atom is -0.495 e. The van der Waals surface area contributed by atoms with Crippen LogP contribution in [-0.2, 0) is 20.7 Å². The molecule has 1 aromatic carbocycles. The van der Waals surface area contributed by atoms with Crippen LogP contribution in [0.2, 0.25) is 5.15 Å². The van der Waals surface area contributed by atoms with Gasteiger partial charge in [0.2, 0.25) is 0 Å². The Morgan fingerprint density at radius 1 is 0.929 bits per heavy atom. The molecule has 0 aliphatic carbocycles. The second-order valence-corrected chi connectivity index (χ2v) is 10.1. The summed E-state index contributed by atoms with van der Waals surface area (Å²) in [5.41, 5.74) is 3.30. The van der Waals surface area contributed by atoms with Crippen LogP contribution in [-0.4, -0.2) is 67.3 Å². The van der Waals surface area contributed by atoms with E-state index in [1.807, 2.05) is 12.1 Å². The minimum absolute atomic E-state index is 0.110. The summed E-state index contributed by atoms with van der Waals surface area (Å²) in [4.78, 5) is 57.9. The number of thioether (sulfide) groups is 1. The Kier molecular flexibility index (Phi) is 8.54. The number of fused-ring (bicyclic) bond motifs is 3. The van der Waals surface area contributed by atoms with Crippen LogP contribution in [0.4, 0.5) is 11.5 Å². The number of esters is 2. The molecule has 15 heteroatoms. The van der Waals surface area contributed by atoms with Gasteiger partial charge in [-0.3, -0.25) is 4.79 Å². The normalized spacial score (nSPS) is 12.0. The van der Waals surface area contributed by atoms with Crippen molar-refractivity contribution < 1.29 is 28.6 Å². The summed E-state index contributed by atoms with van der Waals surface area (Å²) in [6, 6.07) is 6.95. The van der Waals surface area contributed by atoms with Gasteiger partial charge in [-0.25, -0.2) is 29.5 Å². The third-order valence-corrected chi connectivity index (χ3v) is 7.26. The Hall–Kier alpha value is -4.69. The van der Waals surface area contributed by atoms with E-state index in [0.717, 1.165) is 10.5 Å². The van der Waals surface area contributed by atoms with Crippen LogP contribution in [0, 0.1) is 0 Å². The maximum Gasteiger partial charge on any atom is 0.354 e. The number of hydrogen-bond acceptors (Lipinski definition) is 12. The van der Waals surface area contributed by atoms with Gasteiger partial charge in [0.05, 0.1) is 36.8 Å². The lowest BCUT2D eigenvalue weighted by atomic mass is 10.1. The van der Waals surface area contributed by atoms with Gasteiger partial charge in [-0.05, 0) is 43.7 Å². The number of H-pyrrole nitrogens is 2. The summed E-state index contributed by atoms with van der Waals surface area (Å²) >= 11 is 7.05. The summed E-state index contributed by atoms with van der Waals surface area (Å²) in [7, 11) is 1.57. The molecule has 0 atom stereocenters. The lowest BCUT2D eigenvalue weighted by Crippen LogP contribution is -2.04. The quantitative estimate of drug-likeness (QED) is 0.169. The van der Waals surface area contributed by atoms with Gasteiger partial charge in [0.1, 0.15) is 52.1 Å². The largest absolute Gasteiger partial charge is 0.495 e. The van der Waals surface area contributed by atoms with Crippen LogP contribution in [0.3, 0.4) is 0 Å². The van der Waals surface area contributed by atoms with Gasteiger partial charge in [-0.15, -0.1) is 0 Å². The molecule has 42 heavy (non-hydrogen) atoms. The van der Waals surface area contributed by atoms with E-state index >= 15 is 0 Å². The fourth-order valence-corrected chi connectivity index (χ4v) is 5.23. The number of nitrogens with one attached hydrogen (secondary N) is 3. The highest BCUT2D eigenvalue weighted by atomic mass is 35.5. The molecule has 3 N–H and O–H groups in total. The predicted octanol–water partition coefficient (Wildman–Crippen LogP) is 4.85. The summed E-state index contributed by atoms with van der Waals surface area (Å²) in [5.74, 6) is 0.245. The fraction of sp³-hybridized carbons (Fsp3) is 0.222. The van der Waals surface area contributed by atoms with Gasteiger partial charge in [-0.2, -0.15) is 0 Å². The molecule has 0 bridgehead atoms. The van der Waals surface area contributed by atoms with Crippen molar-refractivity contribution in [2.24, 2.45) is 0 Å². The van der Waals surface area contributed by atoms with Gasteiger partial charge >= 0.3 is 11.9 Å². The van der Waals surface area contributed by atoms with Gasteiger partial charge in [0.25, 0.3) is 0 Å². The molecule has 0 spiro atoms. The van der Waals surface area contributed by atoms with E-state index in [1.165, 1.54) is 24.4 Å². The number of methoxy groups -OCH3 is 1. The Labute approximate surface area is 247 Å². The topological polar surface area (TPSA) is 174 Å². The molecule has 0 radical (unpaired) electrons.